The topological polar surface area (TPSA) is 45.8 Å². The first-order valence-electron chi connectivity index (χ1n) is 7.11. The molecule has 4 heteroatoms. The average Bonchev–Trinajstić information content (AvgIpc) is 2.51. The van der Waals surface area contributed by atoms with E-state index in [2.05, 4.69) is 20.9 Å². The Bertz CT molecular complexity index is 645. The molecule has 104 valence electrons. The number of aromatic nitrogens is 2. The van der Waals surface area contributed by atoms with E-state index in [-0.39, 0.29) is 5.56 Å². The van der Waals surface area contributed by atoms with Crippen molar-refractivity contribution in [3.8, 4) is 11.3 Å². The fourth-order valence-corrected chi connectivity index (χ4v) is 3.25. The summed E-state index contributed by atoms with van der Waals surface area (Å²) in [5.74, 6) is 1.24. The van der Waals surface area contributed by atoms with E-state index in [0.717, 1.165) is 29.9 Å². The first kappa shape index (κ1) is 13.6. The van der Waals surface area contributed by atoms with Gasteiger partial charge in [-0.2, -0.15) is 0 Å². The number of hydrogen-bond acceptors (Lipinski definition) is 2. The molecule has 0 atom stereocenters. The quantitative estimate of drug-likeness (QED) is 0.893. The smallest absolute Gasteiger partial charge is 0.265 e. The largest absolute Gasteiger partial charge is 0.309 e. The highest BCUT2D eigenvalue weighted by molar-refractivity contribution is 9.10. The summed E-state index contributed by atoms with van der Waals surface area (Å²) in [5, 5.41) is 0. The van der Waals surface area contributed by atoms with Crippen LogP contribution in [0.4, 0.5) is 0 Å². The molecule has 0 spiro atoms. The van der Waals surface area contributed by atoms with Crippen LogP contribution >= 0.6 is 15.9 Å². The Hall–Kier alpha value is -1.42. The van der Waals surface area contributed by atoms with Crippen molar-refractivity contribution in [2.24, 2.45) is 0 Å². The normalized spacial score (nSPS) is 16.2. The van der Waals surface area contributed by atoms with E-state index in [1.54, 1.807) is 0 Å². The van der Waals surface area contributed by atoms with Crippen molar-refractivity contribution in [1.82, 2.24) is 9.97 Å². The number of benzene rings is 1. The molecular weight excluding hydrogens is 316 g/mol. The number of rotatable bonds is 2. The van der Waals surface area contributed by atoms with E-state index in [9.17, 15) is 4.79 Å². The summed E-state index contributed by atoms with van der Waals surface area (Å²) in [6, 6.07) is 9.86. The van der Waals surface area contributed by atoms with Crippen LogP contribution in [-0.4, -0.2) is 9.97 Å². The van der Waals surface area contributed by atoms with Gasteiger partial charge in [-0.1, -0.05) is 49.6 Å². The highest BCUT2D eigenvalue weighted by Gasteiger charge is 2.20. The molecule has 1 heterocycles. The van der Waals surface area contributed by atoms with Crippen LogP contribution < -0.4 is 5.56 Å². The van der Waals surface area contributed by atoms with Gasteiger partial charge in [0.2, 0.25) is 0 Å². The Balaban J connectivity index is 2.06. The number of nitrogens with zero attached hydrogens (tertiary/aromatic N) is 1. The van der Waals surface area contributed by atoms with Gasteiger partial charge in [-0.15, -0.1) is 0 Å². The van der Waals surface area contributed by atoms with Crippen molar-refractivity contribution < 1.29 is 0 Å². The van der Waals surface area contributed by atoms with Gasteiger partial charge in [-0.05, 0) is 28.8 Å². The minimum absolute atomic E-state index is 0.0839. The van der Waals surface area contributed by atoms with Crippen LogP contribution in [0.1, 0.15) is 43.8 Å². The van der Waals surface area contributed by atoms with Gasteiger partial charge in [0.05, 0.1) is 5.69 Å². The molecule has 0 bridgehead atoms. The van der Waals surface area contributed by atoms with Gasteiger partial charge in [0, 0.05) is 11.5 Å². The SMILES string of the molecule is O=c1[nH]c(C2CCCCC2)nc(-c2ccccc2)c1Br. The Morgan fingerprint density at radius 2 is 1.80 bits per heavy atom. The molecule has 1 aliphatic carbocycles. The van der Waals surface area contributed by atoms with Crippen LogP contribution in [0.25, 0.3) is 11.3 Å². The molecule has 0 saturated heterocycles. The molecule has 0 aliphatic heterocycles. The molecule has 1 N–H and O–H groups in total. The predicted molar refractivity (Wildman–Crippen MR) is 83.8 cm³/mol. The summed E-state index contributed by atoms with van der Waals surface area (Å²) < 4.78 is 0.517. The van der Waals surface area contributed by atoms with Crippen LogP contribution in [0, 0.1) is 0 Å². The number of nitrogens with one attached hydrogen (secondary N) is 1. The second-order valence-corrected chi connectivity index (χ2v) is 6.11. The Morgan fingerprint density at radius 3 is 2.50 bits per heavy atom. The second-order valence-electron chi connectivity index (χ2n) is 5.31. The molecule has 0 radical (unpaired) electrons. The summed E-state index contributed by atoms with van der Waals surface area (Å²) >= 11 is 3.37. The molecule has 2 aromatic rings. The number of H-pyrrole nitrogens is 1. The first-order chi connectivity index (χ1) is 9.75. The zero-order valence-electron chi connectivity index (χ0n) is 11.2. The molecule has 3 rings (SSSR count). The lowest BCUT2D eigenvalue weighted by molar-refractivity contribution is 0.428. The van der Waals surface area contributed by atoms with E-state index in [4.69, 9.17) is 4.98 Å². The summed E-state index contributed by atoms with van der Waals surface area (Å²) in [6.07, 6.45) is 6.00. The van der Waals surface area contributed by atoms with Gasteiger partial charge in [0.1, 0.15) is 10.3 Å². The van der Waals surface area contributed by atoms with Gasteiger partial charge < -0.3 is 4.98 Å². The van der Waals surface area contributed by atoms with Crippen LogP contribution in [0.5, 0.6) is 0 Å². The molecule has 1 aromatic carbocycles. The van der Waals surface area contributed by atoms with Gasteiger partial charge >= 0.3 is 0 Å². The Labute approximate surface area is 126 Å². The van der Waals surface area contributed by atoms with Crippen LogP contribution in [-0.2, 0) is 0 Å². The number of aromatic amines is 1. The van der Waals surface area contributed by atoms with Crippen molar-refractivity contribution in [1.29, 1.82) is 0 Å². The predicted octanol–water partition coefficient (Wildman–Crippen LogP) is 4.25. The molecule has 20 heavy (non-hydrogen) atoms. The lowest BCUT2D eigenvalue weighted by atomic mass is 9.88. The summed E-state index contributed by atoms with van der Waals surface area (Å²) in [4.78, 5) is 19.8. The highest BCUT2D eigenvalue weighted by Crippen LogP contribution is 2.32. The third-order valence-corrected chi connectivity index (χ3v) is 4.66. The fourth-order valence-electron chi connectivity index (χ4n) is 2.83. The van der Waals surface area contributed by atoms with Crippen molar-refractivity contribution in [2.45, 2.75) is 38.0 Å². The molecule has 1 fully saturated rings. The maximum Gasteiger partial charge on any atom is 0.265 e. The molecule has 1 aliphatic rings. The zero-order chi connectivity index (χ0) is 13.9. The molecule has 1 aromatic heterocycles. The average molecular weight is 333 g/mol. The van der Waals surface area contributed by atoms with Crippen molar-refractivity contribution >= 4 is 15.9 Å². The van der Waals surface area contributed by atoms with Crippen LogP contribution in [0.15, 0.2) is 39.6 Å². The van der Waals surface area contributed by atoms with E-state index >= 15 is 0 Å². The van der Waals surface area contributed by atoms with Crippen LogP contribution in [0.2, 0.25) is 0 Å². The van der Waals surface area contributed by atoms with E-state index in [0.29, 0.717) is 10.4 Å². The fraction of sp³-hybridized carbons (Fsp3) is 0.375. The lowest BCUT2D eigenvalue weighted by Crippen LogP contribution is -2.18. The van der Waals surface area contributed by atoms with Gasteiger partial charge in [-0.25, -0.2) is 4.98 Å². The maximum atomic E-state index is 12.1. The second kappa shape index (κ2) is 5.92. The monoisotopic (exact) mass is 332 g/mol. The van der Waals surface area contributed by atoms with Crippen molar-refractivity contribution in [2.75, 3.05) is 0 Å². The minimum Gasteiger partial charge on any atom is -0.309 e. The highest BCUT2D eigenvalue weighted by atomic mass is 79.9. The number of hydrogen-bond donors (Lipinski definition) is 1. The van der Waals surface area contributed by atoms with E-state index in [1.807, 2.05) is 30.3 Å². The molecule has 3 nitrogen and oxygen atoms in total. The Kier molecular flexibility index (Phi) is 4.01. The first-order valence-corrected chi connectivity index (χ1v) is 7.90. The standard InChI is InChI=1S/C16H17BrN2O/c17-13-14(11-7-3-1-4-8-11)18-15(19-16(13)20)12-9-5-2-6-10-12/h1,3-4,7-8,12H,2,5-6,9-10H2,(H,18,19,20). The van der Waals surface area contributed by atoms with E-state index < -0.39 is 0 Å². The summed E-state index contributed by atoms with van der Waals surface area (Å²) in [7, 11) is 0. The van der Waals surface area contributed by atoms with Gasteiger partial charge in [0.25, 0.3) is 5.56 Å². The van der Waals surface area contributed by atoms with E-state index in [1.165, 1.54) is 19.3 Å². The van der Waals surface area contributed by atoms with Crippen LogP contribution in [0.3, 0.4) is 0 Å². The third-order valence-electron chi connectivity index (χ3n) is 3.92. The van der Waals surface area contributed by atoms with Gasteiger partial charge in [-0.3, -0.25) is 4.79 Å². The maximum absolute atomic E-state index is 12.1. The molecular formula is C16H17BrN2O. The molecule has 0 unspecified atom stereocenters. The number of halogens is 1. The lowest BCUT2D eigenvalue weighted by Gasteiger charge is -2.21. The molecule has 0 amide bonds. The third kappa shape index (κ3) is 2.70. The van der Waals surface area contributed by atoms with Gasteiger partial charge in [0.15, 0.2) is 0 Å². The zero-order valence-corrected chi connectivity index (χ0v) is 12.8. The molecule has 1 saturated carbocycles. The minimum atomic E-state index is -0.0839. The summed E-state index contributed by atoms with van der Waals surface area (Å²) in [6.45, 7) is 0. The summed E-state index contributed by atoms with van der Waals surface area (Å²) in [5.41, 5.74) is 1.64. The Morgan fingerprint density at radius 1 is 1.10 bits per heavy atom. The van der Waals surface area contributed by atoms with Crippen molar-refractivity contribution in [3.05, 3.63) is 51.0 Å². The van der Waals surface area contributed by atoms with Crippen molar-refractivity contribution in [3.63, 3.8) is 0 Å².